The number of hydrogen-bond donors (Lipinski definition) is 1. The molecule has 0 spiro atoms. The second-order valence-electron chi connectivity index (χ2n) is 5.74. The van der Waals surface area contributed by atoms with E-state index < -0.39 is 0 Å². The van der Waals surface area contributed by atoms with Gasteiger partial charge in [-0.25, -0.2) is 0 Å². The Labute approximate surface area is 139 Å². The lowest BCUT2D eigenvalue weighted by Gasteiger charge is -2.34. The van der Waals surface area contributed by atoms with Gasteiger partial charge in [-0.3, -0.25) is 4.79 Å². The van der Waals surface area contributed by atoms with Gasteiger partial charge in [0.05, 0.1) is 5.38 Å². The number of anilines is 1. The quantitative estimate of drug-likeness (QED) is 0.806. The van der Waals surface area contributed by atoms with Crippen molar-refractivity contribution in [3.05, 3.63) is 5.38 Å². The summed E-state index contributed by atoms with van der Waals surface area (Å²) in [5.74, 6) is 2.79. The average Bonchev–Trinajstić information content (AvgIpc) is 3.22. The second kappa shape index (κ2) is 6.54. The van der Waals surface area contributed by atoms with Gasteiger partial charge in [0.2, 0.25) is 11.8 Å². The van der Waals surface area contributed by atoms with E-state index in [9.17, 15) is 9.90 Å². The van der Waals surface area contributed by atoms with Crippen LogP contribution in [0.2, 0.25) is 0 Å². The highest BCUT2D eigenvalue weighted by Gasteiger charge is 2.39. The Morgan fingerprint density at radius 1 is 1.35 bits per heavy atom. The van der Waals surface area contributed by atoms with E-state index >= 15 is 0 Å². The summed E-state index contributed by atoms with van der Waals surface area (Å²) in [5.41, 5.74) is -0.387. The van der Waals surface area contributed by atoms with Crippen LogP contribution >= 0.6 is 11.3 Å². The largest absolute Gasteiger partial charge is 0.493 e. The van der Waals surface area contributed by atoms with E-state index in [2.05, 4.69) is 26.0 Å². The molecular formula is C15H19N5O2S. The van der Waals surface area contributed by atoms with Gasteiger partial charge in [-0.05, 0) is 0 Å². The number of thiazole rings is 1. The normalized spacial score (nSPS) is 18.7. The Balaban J connectivity index is 1.43. The van der Waals surface area contributed by atoms with Gasteiger partial charge < -0.3 is 14.9 Å². The zero-order chi connectivity index (χ0) is 16.3. The molecule has 0 bridgehead atoms. The predicted octanol–water partition coefficient (Wildman–Crippen LogP) is 1.85. The number of amides is 1. The molecule has 0 unspecified atom stereocenters. The van der Waals surface area contributed by atoms with E-state index in [0.29, 0.717) is 32.4 Å². The van der Waals surface area contributed by atoms with Crippen LogP contribution in [0.3, 0.4) is 0 Å². The maximum Gasteiger partial charge on any atom is 0.223 e. The average molecular weight is 333 g/mol. The summed E-state index contributed by atoms with van der Waals surface area (Å²) in [6.45, 7) is 2.81. The Morgan fingerprint density at radius 2 is 2.09 bits per heavy atom. The highest BCUT2D eigenvalue weighted by Crippen LogP contribution is 2.37. The van der Waals surface area contributed by atoms with Crippen molar-refractivity contribution < 1.29 is 9.90 Å². The summed E-state index contributed by atoms with van der Waals surface area (Å²) in [4.78, 5) is 20.4. The van der Waals surface area contributed by atoms with Gasteiger partial charge in [0.1, 0.15) is 0 Å². The molecule has 3 heterocycles. The van der Waals surface area contributed by atoms with Crippen LogP contribution < -0.4 is 4.90 Å². The highest BCUT2D eigenvalue weighted by atomic mass is 32.1. The second-order valence-corrected chi connectivity index (χ2v) is 6.58. The first-order valence-electron chi connectivity index (χ1n) is 7.67. The number of aromatic hydroxyl groups is 1. The standard InChI is InChI=1S/C15H19N5O2S/c1-2-3-5-15(17-18-15)6-4-13(22)19-7-9-20(10-8-19)14-16-12(21)11-23-14/h1,11,21H,3-10H2. The van der Waals surface area contributed by atoms with Crippen molar-refractivity contribution in [2.75, 3.05) is 31.1 Å². The highest BCUT2D eigenvalue weighted by molar-refractivity contribution is 7.13. The van der Waals surface area contributed by atoms with Crippen molar-refractivity contribution in [2.24, 2.45) is 10.2 Å². The first-order chi connectivity index (χ1) is 11.1. The molecule has 3 rings (SSSR count). The number of rotatable bonds is 6. The number of carbonyl (C=O) groups excluding carboxylic acids is 1. The molecule has 0 atom stereocenters. The van der Waals surface area contributed by atoms with Crippen molar-refractivity contribution in [1.29, 1.82) is 0 Å². The Kier molecular flexibility index (Phi) is 4.48. The Morgan fingerprint density at radius 3 is 2.65 bits per heavy atom. The maximum atomic E-state index is 12.3. The number of aromatic nitrogens is 1. The molecule has 2 aliphatic rings. The molecule has 23 heavy (non-hydrogen) atoms. The monoisotopic (exact) mass is 333 g/mol. The summed E-state index contributed by atoms with van der Waals surface area (Å²) in [7, 11) is 0. The minimum absolute atomic E-state index is 0.0534. The smallest absolute Gasteiger partial charge is 0.223 e. The Bertz CT molecular complexity index is 637. The number of hydrogen-bond acceptors (Lipinski definition) is 7. The summed E-state index contributed by atoms with van der Waals surface area (Å²) in [6, 6.07) is 0. The van der Waals surface area contributed by atoms with Crippen molar-refractivity contribution in [3.63, 3.8) is 0 Å². The molecular weight excluding hydrogens is 314 g/mol. The molecule has 1 fully saturated rings. The number of nitrogens with zero attached hydrogens (tertiary/aromatic N) is 5. The van der Waals surface area contributed by atoms with Gasteiger partial charge in [0.15, 0.2) is 10.8 Å². The van der Waals surface area contributed by atoms with Crippen LogP contribution in [0.25, 0.3) is 0 Å². The van der Waals surface area contributed by atoms with E-state index in [-0.39, 0.29) is 17.5 Å². The van der Waals surface area contributed by atoms with Gasteiger partial charge in [-0.1, -0.05) is 0 Å². The van der Waals surface area contributed by atoms with E-state index in [4.69, 9.17) is 6.42 Å². The molecule has 0 aliphatic carbocycles. The Hall–Kier alpha value is -2.14. The summed E-state index contributed by atoms with van der Waals surface area (Å²) in [5, 5.41) is 19.9. The summed E-state index contributed by atoms with van der Waals surface area (Å²) < 4.78 is 0. The lowest BCUT2D eigenvalue weighted by molar-refractivity contribution is -0.131. The molecule has 2 aliphatic heterocycles. The molecule has 7 nitrogen and oxygen atoms in total. The third-order valence-corrected chi connectivity index (χ3v) is 5.06. The summed E-state index contributed by atoms with van der Waals surface area (Å²) >= 11 is 1.42. The van der Waals surface area contributed by atoms with Gasteiger partial charge >= 0.3 is 0 Å². The molecule has 8 heteroatoms. The van der Waals surface area contributed by atoms with Crippen molar-refractivity contribution in [3.8, 4) is 18.2 Å². The third-order valence-electron chi connectivity index (χ3n) is 4.17. The summed E-state index contributed by atoms with van der Waals surface area (Å²) in [6.07, 6.45) is 7.74. The van der Waals surface area contributed by atoms with Crippen LogP contribution in [0.1, 0.15) is 25.7 Å². The fourth-order valence-corrected chi connectivity index (χ4v) is 3.42. The molecule has 1 saturated heterocycles. The third kappa shape index (κ3) is 3.79. The predicted molar refractivity (Wildman–Crippen MR) is 87.5 cm³/mol. The minimum Gasteiger partial charge on any atom is -0.493 e. The SMILES string of the molecule is C#CCCC1(CCC(=O)N2CCN(c3nc(O)cs3)CC2)N=N1. The van der Waals surface area contributed by atoms with Crippen molar-refractivity contribution >= 4 is 22.4 Å². The molecule has 0 radical (unpaired) electrons. The molecule has 122 valence electrons. The van der Waals surface area contributed by atoms with Gasteiger partial charge in [-0.15, -0.1) is 23.7 Å². The first kappa shape index (κ1) is 15.7. The topological polar surface area (TPSA) is 81.4 Å². The molecule has 0 aromatic carbocycles. The van der Waals surface area contributed by atoms with Gasteiger partial charge in [-0.2, -0.15) is 15.2 Å². The zero-order valence-electron chi connectivity index (χ0n) is 12.8. The van der Waals surface area contributed by atoms with Gasteiger partial charge in [0, 0.05) is 51.9 Å². The lowest BCUT2D eigenvalue weighted by Crippen LogP contribution is -2.48. The van der Waals surface area contributed by atoms with E-state index in [1.54, 1.807) is 5.38 Å². The molecule has 1 aromatic rings. The number of piperazine rings is 1. The molecule has 0 saturated carbocycles. The first-order valence-corrected chi connectivity index (χ1v) is 8.55. The molecule has 1 aromatic heterocycles. The van der Waals surface area contributed by atoms with Crippen molar-refractivity contribution in [1.82, 2.24) is 9.88 Å². The van der Waals surface area contributed by atoms with Crippen LogP contribution in [-0.4, -0.2) is 52.7 Å². The molecule has 1 N–H and O–H groups in total. The van der Waals surface area contributed by atoms with Gasteiger partial charge in [0.25, 0.3) is 0 Å². The fraction of sp³-hybridized carbons (Fsp3) is 0.600. The van der Waals surface area contributed by atoms with E-state index in [0.717, 1.165) is 24.6 Å². The zero-order valence-corrected chi connectivity index (χ0v) is 13.6. The number of carbonyl (C=O) groups is 1. The van der Waals surface area contributed by atoms with Crippen LogP contribution in [-0.2, 0) is 4.79 Å². The van der Waals surface area contributed by atoms with Crippen molar-refractivity contribution in [2.45, 2.75) is 31.3 Å². The fourth-order valence-electron chi connectivity index (χ4n) is 2.68. The van der Waals surface area contributed by atoms with E-state index in [1.807, 2.05) is 4.90 Å². The van der Waals surface area contributed by atoms with E-state index in [1.165, 1.54) is 11.3 Å². The number of terminal acetylenes is 1. The molecule has 1 amide bonds. The van der Waals surface area contributed by atoms with Crippen LogP contribution in [0.4, 0.5) is 5.13 Å². The lowest BCUT2D eigenvalue weighted by atomic mass is 10.0. The van der Waals surface area contributed by atoms with Crippen LogP contribution in [0.5, 0.6) is 5.88 Å². The minimum atomic E-state index is -0.387. The maximum absolute atomic E-state index is 12.3. The van der Waals surface area contributed by atoms with Crippen LogP contribution in [0, 0.1) is 12.3 Å². The van der Waals surface area contributed by atoms with Crippen LogP contribution in [0.15, 0.2) is 15.6 Å².